The van der Waals surface area contributed by atoms with Gasteiger partial charge in [-0.3, -0.25) is 10.3 Å². The third kappa shape index (κ3) is 4.77. The van der Waals surface area contributed by atoms with Gasteiger partial charge < -0.3 is 10.5 Å². The normalized spacial score (nSPS) is 11.4. The lowest BCUT2D eigenvalue weighted by Gasteiger charge is -2.30. The molecule has 0 saturated carbocycles. The van der Waals surface area contributed by atoms with Crippen molar-refractivity contribution in [3.05, 3.63) is 17.5 Å². The van der Waals surface area contributed by atoms with Gasteiger partial charge in [0, 0.05) is 24.3 Å². The number of rotatable bonds is 7. The Morgan fingerprint density at radius 3 is 2.40 bits per heavy atom. The van der Waals surface area contributed by atoms with Crippen LogP contribution in [-0.2, 0) is 0 Å². The van der Waals surface area contributed by atoms with E-state index in [1.807, 2.05) is 6.92 Å². The van der Waals surface area contributed by atoms with Gasteiger partial charge in [0.15, 0.2) is 0 Å². The molecule has 0 bridgehead atoms. The summed E-state index contributed by atoms with van der Waals surface area (Å²) in [7, 11) is 0. The van der Waals surface area contributed by atoms with Crippen molar-refractivity contribution in [2.45, 2.75) is 46.7 Å². The number of aryl methyl sites for hydroxylation is 1. The number of nitrogens with one attached hydrogen (secondary N) is 1. The Hall–Kier alpha value is -1.69. The summed E-state index contributed by atoms with van der Waals surface area (Å²) in [6.45, 7) is 11.8. The van der Waals surface area contributed by atoms with Crippen LogP contribution in [0.2, 0.25) is 0 Å². The van der Waals surface area contributed by atoms with Gasteiger partial charge >= 0.3 is 6.01 Å². The van der Waals surface area contributed by atoms with E-state index < -0.39 is 0 Å². The average Bonchev–Trinajstić information content (AvgIpc) is 2.32. The molecule has 1 aromatic rings. The van der Waals surface area contributed by atoms with Gasteiger partial charge in [-0.1, -0.05) is 0 Å². The van der Waals surface area contributed by atoms with E-state index in [0.717, 1.165) is 12.2 Å². The maximum Gasteiger partial charge on any atom is 0.317 e. The van der Waals surface area contributed by atoms with Crippen molar-refractivity contribution in [2.24, 2.45) is 5.73 Å². The summed E-state index contributed by atoms with van der Waals surface area (Å²) in [5, 5.41) is 7.41. The van der Waals surface area contributed by atoms with Crippen molar-refractivity contribution in [3.8, 4) is 6.01 Å². The summed E-state index contributed by atoms with van der Waals surface area (Å²) in [4.78, 5) is 10.7. The number of nitrogen functional groups attached to an aromatic ring is 1. The largest absolute Gasteiger partial charge is 0.462 e. The molecule has 0 amide bonds. The second-order valence-electron chi connectivity index (χ2n) is 5.36. The first-order valence-electron chi connectivity index (χ1n) is 6.90. The lowest BCUT2D eigenvalue weighted by molar-refractivity contribution is 0.138. The second-order valence-corrected chi connectivity index (χ2v) is 5.36. The average molecular weight is 279 g/mol. The fourth-order valence-corrected chi connectivity index (χ4v) is 2.10. The van der Waals surface area contributed by atoms with E-state index in [0.29, 0.717) is 24.4 Å². The third-order valence-corrected chi connectivity index (χ3v) is 3.02. The Morgan fingerprint density at radius 1 is 1.30 bits per heavy atom. The zero-order chi connectivity index (χ0) is 15.3. The summed E-state index contributed by atoms with van der Waals surface area (Å²) in [6.07, 6.45) is 0. The first-order chi connectivity index (χ1) is 9.31. The number of nitrogens with zero attached hydrogens (tertiary/aromatic N) is 3. The molecule has 0 fully saturated rings. The van der Waals surface area contributed by atoms with Crippen molar-refractivity contribution in [2.75, 3.05) is 13.2 Å². The van der Waals surface area contributed by atoms with Crippen LogP contribution in [0.1, 0.15) is 39.1 Å². The van der Waals surface area contributed by atoms with Crippen LogP contribution in [0.25, 0.3) is 0 Å². The lowest BCUT2D eigenvalue weighted by Crippen LogP contribution is -2.39. The van der Waals surface area contributed by atoms with E-state index in [1.165, 1.54) is 0 Å². The van der Waals surface area contributed by atoms with Gasteiger partial charge in [0.2, 0.25) is 0 Å². The highest BCUT2D eigenvalue weighted by Gasteiger charge is 2.13. The molecule has 6 heteroatoms. The van der Waals surface area contributed by atoms with Gasteiger partial charge in [0.1, 0.15) is 18.1 Å². The first kappa shape index (κ1) is 16.4. The highest BCUT2D eigenvalue weighted by molar-refractivity contribution is 5.93. The van der Waals surface area contributed by atoms with Gasteiger partial charge in [-0.05, 0) is 40.7 Å². The van der Waals surface area contributed by atoms with Crippen molar-refractivity contribution in [1.29, 1.82) is 5.41 Å². The minimum Gasteiger partial charge on any atom is -0.462 e. The third-order valence-electron chi connectivity index (χ3n) is 3.02. The van der Waals surface area contributed by atoms with Crippen molar-refractivity contribution < 1.29 is 4.74 Å². The Labute approximate surface area is 120 Å². The molecule has 0 aliphatic heterocycles. The molecule has 0 aliphatic carbocycles. The van der Waals surface area contributed by atoms with Gasteiger partial charge in [0.25, 0.3) is 0 Å². The first-order valence-corrected chi connectivity index (χ1v) is 6.90. The Bertz CT molecular complexity index is 451. The molecule has 0 radical (unpaired) electrons. The summed E-state index contributed by atoms with van der Waals surface area (Å²) in [5.41, 5.74) is 6.58. The molecule has 1 heterocycles. The lowest BCUT2D eigenvalue weighted by atomic mass is 10.2. The molecule has 6 nitrogen and oxygen atoms in total. The fourth-order valence-electron chi connectivity index (χ4n) is 2.10. The molecule has 0 aromatic carbocycles. The second kappa shape index (κ2) is 7.19. The zero-order valence-electron chi connectivity index (χ0n) is 13.0. The van der Waals surface area contributed by atoms with Gasteiger partial charge in [-0.25, -0.2) is 4.98 Å². The predicted octanol–water partition coefficient (Wildman–Crippen LogP) is 1.57. The summed E-state index contributed by atoms with van der Waals surface area (Å²) in [6, 6.07) is 2.88. The number of nitrogens with two attached hydrogens (primary N) is 1. The summed E-state index contributed by atoms with van der Waals surface area (Å²) in [5.74, 6) is -0.0775. The molecule has 0 spiro atoms. The maximum absolute atomic E-state index is 7.41. The molecule has 0 unspecified atom stereocenters. The van der Waals surface area contributed by atoms with Gasteiger partial charge in [-0.2, -0.15) is 4.98 Å². The van der Waals surface area contributed by atoms with Crippen LogP contribution >= 0.6 is 0 Å². The SMILES string of the molecule is Cc1cc(C(=N)N)nc(OCCN(C(C)C)C(C)C)n1. The minimum atomic E-state index is -0.0775. The topological polar surface area (TPSA) is 88.1 Å². The molecule has 0 aliphatic rings. The number of amidine groups is 1. The maximum atomic E-state index is 7.41. The molecule has 1 rings (SSSR count). The zero-order valence-corrected chi connectivity index (χ0v) is 13.0. The predicted molar refractivity (Wildman–Crippen MR) is 80.3 cm³/mol. The number of aromatic nitrogens is 2. The van der Waals surface area contributed by atoms with Crippen LogP contribution in [0, 0.1) is 12.3 Å². The summed E-state index contributed by atoms with van der Waals surface area (Å²) >= 11 is 0. The molecule has 0 saturated heterocycles. The van der Waals surface area contributed by atoms with Crippen molar-refractivity contribution in [3.63, 3.8) is 0 Å². The van der Waals surface area contributed by atoms with E-state index >= 15 is 0 Å². The molecular weight excluding hydrogens is 254 g/mol. The highest BCUT2D eigenvalue weighted by atomic mass is 16.5. The van der Waals surface area contributed by atoms with E-state index in [-0.39, 0.29) is 11.8 Å². The highest BCUT2D eigenvalue weighted by Crippen LogP contribution is 2.08. The van der Waals surface area contributed by atoms with E-state index in [4.69, 9.17) is 15.9 Å². The van der Waals surface area contributed by atoms with E-state index in [9.17, 15) is 0 Å². The smallest absolute Gasteiger partial charge is 0.317 e. The minimum absolute atomic E-state index is 0.0775. The summed E-state index contributed by atoms with van der Waals surface area (Å²) < 4.78 is 5.59. The molecule has 112 valence electrons. The molecule has 1 aromatic heterocycles. The number of hydrogen-bond donors (Lipinski definition) is 2. The van der Waals surface area contributed by atoms with E-state index in [1.54, 1.807) is 6.07 Å². The van der Waals surface area contributed by atoms with Gasteiger partial charge in [-0.15, -0.1) is 0 Å². The number of hydrogen-bond acceptors (Lipinski definition) is 5. The Kier molecular flexibility index (Phi) is 5.88. The monoisotopic (exact) mass is 279 g/mol. The molecular formula is C14H25N5O. The standard InChI is InChI=1S/C14H25N5O/c1-9(2)19(10(3)4)6-7-20-14-17-11(5)8-12(18-14)13(15)16/h8-10H,6-7H2,1-5H3,(H3,15,16). The molecule has 20 heavy (non-hydrogen) atoms. The quantitative estimate of drug-likeness (QED) is 0.584. The van der Waals surface area contributed by atoms with Crippen LogP contribution in [-0.4, -0.2) is 45.9 Å². The van der Waals surface area contributed by atoms with Crippen LogP contribution in [0.5, 0.6) is 6.01 Å². The van der Waals surface area contributed by atoms with Crippen molar-refractivity contribution in [1.82, 2.24) is 14.9 Å². The number of ether oxygens (including phenoxy) is 1. The molecule has 3 N–H and O–H groups in total. The van der Waals surface area contributed by atoms with Crippen LogP contribution in [0.15, 0.2) is 6.07 Å². The van der Waals surface area contributed by atoms with Crippen LogP contribution < -0.4 is 10.5 Å². The Morgan fingerprint density at radius 2 is 1.90 bits per heavy atom. The van der Waals surface area contributed by atoms with Crippen molar-refractivity contribution >= 4 is 5.84 Å². The fraction of sp³-hybridized carbons (Fsp3) is 0.643. The van der Waals surface area contributed by atoms with Crippen LogP contribution in [0.3, 0.4) is 0 Å². The van der Waals surface area contributed by atoms with E-state index in [2.05, 4.69) is 42.6 Å². The molecule has 0 atom stereocenters. The Balaban J connectivity index is 2.64. The van der Waals surface area contributed by atoms with Gasteiger partial charge in [0.05, 0.1) is 0 Å². The van der Waals surface area contributed by atoms with Crippen LogP contribution in [0.4, 0.5) is 0 Å².